The first kappa shape index (κ1) is 10.4. The smallest absolute Gasteiger partial charge is 0.0105 e. The highest BCUT2D eigenvalue weighted by Crippen LogP contribution is 2.27. The van der Waals surface area contributed by atoms with Gasteiger partial charge in [0, 0.05) is 32.2 Å². The molecule has 2 aliphatic rings. The zero-order valence-electron chi connectivity index (χ0n) is 9.28. The van der Waals surface area contributed by atoms with Crippen LogP contribution in [-0.2, 0) is 0 Å². The highest BCUT2D eigenvalue weighted by Gasteiger charge is 2.29. The van der Waals surface area contributed by atoms with Crippen LogP contribution in [0.25, 0.3) is 0 Å². The summed E-state index contributed by atoms with van der Waals surface area (Å²) < 4.78 is 0. The Morgan fingerprint density at radius 1 is 1.36 bits per heavy atom. The Kier molecular flexibility index (Phi) is 3.42. The van der Waals surface area contributed by atoms with E-state index >= 15 is 0 Å². The molecule has 82 valence electrons. The summed E-state index contributed by atoms with van der Waals surface area (Å²) in [5.74, 6) is 0.896. The molecule has 1 unspecified atom stereocenters. The molecule has 0 aromatic carbocycles. The maximum Gasteiger partial charge on any atom is 0.0105 e. The summed E-state index contributed by atoms with van der Waals surface area (Å²) in [7, 11) is 2.28. The van der Waals surface area contributed by atoms with Crippen LogP contribution in [0.2, 0.25) is 0 Å². The molecule has 0 bridgehead atoms. The van der Waals surface area contributed by atoms with Crippen molar-refractivity contribution in [3.05, 3.63) is 0 Å². The molecule has 0 aromatic heterocycles. The molecule has 14 heavy (non-hydrogen) atoms. The fraction of sp³-hybridized carbons (Fsp3) is 1.00. The molecule has 2 N–H and O–H groups in total. The first-order valence-corrected chi connectivity index (χ1v) is 5.92. The molecule has 3 heteroatoms. The Morgan fingerprint density at radius 3 is 2.79 bits per heavy atom. The van der Waals surface area contributed by atoms with Crippen LogP contribution in [0.1, 0.15) is 19.3 Å². The van der Waals surface area contributed by atoms with Crippen LogP contribution in [0, 0.1) is 5.92 Å². The molecule has 2 rings (SSSR count). The minimum absolute atomic E-state index is 0.811. The Bertz CT molecular complexity index is 179. The van der Waals surface area contributed by atoms with E-state index in [4.69, 9.17) is 5.73 Å². The largest absolute Gasteiger partial charge is 0.329 e. The maximum atomic E-state index is 5.56. The van der Waals surface area contributed by atoms with Crippen LogP contribution in [-0.4, -0.2) is 55.6 Å². The zero-order chi connectivity index (χ0) is 9.97. The second-order valence-electron chi connectivity index (χ2n) is 4.91. The van der Waals surface area contributed by atoms with Crippen molar-refractivity contribution in [1.29, 1.82) is 0 Å². The highest BCUT2D eigenvalue weighted by molar-refractivity contribution is 4.85. The van der Waals surface area contributed by atoms with E-state index in [1.807, 2.05) is 0 Å². The number of rotatable bonds is 5. The third kappa shape index (κ3) is 2.69. The van der Waals surface area contributed by atoms with E-state index in [0.29, 0.717) is 0 Å². The number of likely N-dealkylation sites (tertiary alicyclic amines) is 1. The fourth-order valence-corrected chi connectivity index (χ4v) is 2.52. The van der Waals surface area contributed by atoms with Gasteiger partial charge in [0.25, 0.3) is 0 Å². The van der Waals surface area contributed by atoms with Gasteiger partial charge in [0.1, 0.15) is 0 Å². The molecular formula is C11H23N3. The summed E-state index contributed by atoms with van der Waals surface area (Å²) in [5, 5.41) is 0. The maximum absolute atomic E-state index is 5.56. The Labute approximate surface area is 87.2 Å². The van der Waals surface area contributed by atoms with E-state index in [-0.39, 0.29) is 0 Å². The van der Waals surface area contributed by atoms with Crippen LogP contribution >= 0.6 is 0 Å². The van der Waals surface area contributed by atoms with Gasteiger partial charge in [-0.3, -0.25) is 0 Å². The van der Waals surface area contributed by atoms with Crippen molar-refractivity contribution in [2.24, 2.45) is 11.7 Å². The summed E-state index contributed by atoms with van der Waals surface area (Å²) in [6.07, 6.45) is 4.22. The van der Waals surface area contributed by atoms with Crippen LogP contribution in [0.3, 0.4) is 0 Å². The number of nitrogens with two attached hydrogens (primary N) is 1. The van der Waals surface area contributed by atoms with Crippen LogP contribution in [0.5, 0.6) is 0 Å². The summed E-state index contributed by atoms with van der Waals surface area (Å²) in [6.45, 7) is 5.73. The average molecular weight is 197 g/mol. The fourth-order valence-electron chi connectivity index (χ4n) is 2.52. The van der Waals surface area contributed by atoms with Gasteiger partial charge in [-0.1, -0.05) is 0 Å². The standard InChI is InChI=1S/C11H23N3/c1-13(11-2-3-11)8-10-4-6-14(9-10)7-5-12/h10-11H,2-9,12H2,1H3. The SMILES string of the molecule is CN(CC1CCN(CCN)C1)C1CC1. The van der Waals surface area contributed by atoms with Gasteiger partial charge in [0.05, 0.1) is 0 Å². The van der Waals surface area contributed by atoms with Gasteiger partial charge in [-0.25, -0.2) is 0 Å². The lowest BCUT2D eigenvalue weighted by molar-refractivity contribution is 0.258. The van der Waals surface area contributed by atoms with Crippen molar-refractivity contribution >= 4 is 0 Å². The molecule has 0 radical (unpaired) electrons. The molecule has 0 amide bonds. The molecule has 1 aliphatic heterocycles. The Morgan fingerprint density at radius 2 is 2.14 bits per heavy atom. The van der Waals surface area contributed by atoms with Crippen molar-refractivity contribution in [3.63, 3.8) is 0 Å². The molecule has 3 nitrogen and oxygen atoms in total. The van der Waals surface area contributed by atoms with E-state index in [1.165, 1.54) is 38.9 Å². The zero-order valence-corrected chi connectivity index (χ0v) is 9.28. The van der Waals surface area contributed by atoms with Gasteiger partial charge in [0.15, 0.2) is 0 Å². The van der Waals surface area contributed by atoms with E-state index in [2.05, 4.69) is 16.8 Å². The van der Waals surface area contributed by atoms with E-state index in [0.717, 1.165) is 25.0 Å². The Balaban J connectivity index is 1.67. The summed E-state index contributed by atoms with van der Waals surface area (Å²) in [5.41, 5.74) is 5.56. The highest BCUT2D eigenvalue weighted by atomic mass is 15.2. The molecule has 0 spiro atoms. The molecule has 2 fully saturated rings. The molecular weight excluding hydrogens is 174 g/mol. The summed E-state index contributed by atoms with van der Waals surface area (Å²) in [4.78, 5) is 5.06. The minimum atomic E-state index is 0.811. The summed E-state index contributed by atoms with van der Waals surface area (Å²) >= 11 is 0. The topological polar surface area (TPSA) is 32.5 Å². The second-order valence-corrected chi connectivity index (χ2v) is 4.91. The lowest BCUT2D eigenvalue weighted by Gasteiger charge is -2.20. The van der Waals surface area contributed by atoms with Gasteiger partial charge in [-0.2, -0.15) is 0 Å². The predicted octanol–water partition coefficient (Wildman–Crippen LogP) is 0.361. The second kappa shape index (κ2) is 4.60. The lowest BCUT2D eigenvalue weighted by atomic mass is 10.1. The minimum Gasteiger partial charge on any atom is -0.329 e. The third-order valence-corrected chi connectivity index (χ3v) is 3.53. The molecule has 1 aliphatic carbocycles. The van der Waals surface area contributed by atoms with Crippen molar-refractivity contribution in [1.82, 2.24) is 9.80 Å². The third-order valence-electron chi connectivity index (χ3n) is 3.53. The average Bonchev–Trinajstić information content (AvgIpc) is 2.92. The monoisotopic (exact) mass is 197 g/mol. The van der Waals surface area contributed by atoms with Gasteiger partial charge >= 0.3 is 0 Å². The molecule has 1 saturated carbocycles. The lowest BCUT2D eigenvalue weighted by Crippen LogP contribution is -2.31. The van der Waals surface area contributed by atoms with Crippen LogP contribution in [0.4, 0.5) is 0 Å². The molecule has 1 heterocycles. The first-order valence-electron chi connectivity index (χ1n) is 5.92. The number of hydrogen-bond donors (Lipinski definition) is 1. The molecule has 0 aromatic rings. The predicted molar refractivity (Wildman–Crippen MR) is 59.3 cm³/mol. The van der Waals surface area contributed by atoms with Crippen LogP contribution < -0.4 is 5.73 Å². The molecule has 1 atom stereocenters. The van der Waals surface area contributed by atoms with Gasteiger partial charge < -0.3 is 15.5 Å². The van der Waals surface area contributed by atoms with Crippen molar-refractivity contribution in [2.45, 2.75) is 25.3 Å². The van der Waals surface area contributed by atoms with Gasteiger partial charge in [-0.15, -0.1) is 0 Å². The first-order chi connectivity index (χ1) is 6.79. The van der Waals surface area contributed by atoms with E-state index < -0.39 is 0 Å². The number of nitrogens with zero attached hydrogens (tertiary/aromatic N) is 2. The van der Waals surface area contributed by atoms with Crippen LogP contribution in [0.15, 0.2) is 0 Å². The normalized spacial score (nSPS) is 28.9. The van der Waals surface area contributed by atoms with Crippen molar-refractivity contribution in [3.8, 4) is 0 Å². The van der Waals surface area contributed by atoms with Crippen molar-refractivity contribution < 1.29 is 0 Å². The van der Waals surface area contributed by atoms with Gasteiger partial charge in [-0.05, 0) is 38.8 Å². The van der Waals surface area contributed by atoms with E-state index in [9.17, 15) is 0 Å². The van der Waals surface area contributed by atoms with E-state index in [1.54, 1.807) is 0 Å². The summed E-state index contributed by atoms with van der Waals surface area (Å²) in [6, 6.07) is 0.915. The quantitative estimate of drug-likeness (QED) is 0.691. The van der Waals surface area contributed by atoms with Gasteiger partial charge in [0.2, 0.25) is 0 Å². The number of hydrogen-bond acceptors (Lipinski definition) is 3. The molecule has 1 saturated heterocycles. The Hall–Kier alpha value is -0.120. The van der Waals surface area contributed by atoms with Crippen molar-refractivity contribution in [2.75, 3.05) is 39.8 Å².